The number of carbonyl (C=O) groups is 1. The Balaban J connectivity index is 2.58. The van der Waals surface area contributed by atoms with Crippen LogP contribution in [0.5, 0.6) is 5.75 Å². The minimum atomic E-state index is -0.0208. The molecule has 0 spiro atoms. The topological polar surface area (TPSA) is 38.3 Å². The number of methoxy groups -OCH3 is 1. The van der Waals surface area contributed by atoms with Gasteiger partial charge in [0.1, 0.15) is 5.75 Å². The van der Waals surface area contributed by atoms with Crippen molar-refractivity contribution in [1.82, 2.24) is 5.32 Å². The number of nitrogens with one attached hydrogen (secondary N) is 1. The van der Waals surface area contributed by atoms with Crippen LogP contribution in [0.25, 0.3) is 0 Å². The van der Waals surface area contributed by atoms with E-state index >= 15 is 0 Å². The van der Waals surface area contributed by atoms with Gasteiger partial charge in [-0.05, 0) is 13.0 Å². The third kappa shape index (κ3) is 3.77. The maximum atomic E-state index is 11.6. The van der Waals surface area contributed by atoms with E-state index in [9.17, 15) is 4.79 Å². The second kappa shape index (κ2) is 5.95. The van der Waals surface area contributed by atoms with Crippen LogP contribution >= 0.6 is 0 Å². The molecule has 0 unspecified atom stereocenters. The van der Waals surface area contributed by atoms with Crippen LogP contribution in [0.4, 0.5) is 0 Å². The van der Waals surface area contributed by atoms with Crippen molar-refractivity contribution in [3.05, 3.63) is 42.0 Å². The zero-order valence-electron chi connectivity index (χ0n) is 9.75. The van der Waals surface area contributed by atoms with Crippen LogP contribution in [0.15, 0.2) is 36.4 Å². The zero-order chi connectivity index (χ0) is 12.0. The molecule has 86 valence electrons. The smallest absolute Gasteiger partial charge is 0.224 e. The molecule has 0 saturated carbocycles. The third-order valence-electron chi connectivity index (χ3n) is 2.13. The number of para-hydroxylation sites is 1. The number of benzene rings is 1. The van der Waals surface area contributed by atoms with Gasteiger partial charge >= 0.3 is 0 Å². The molecule has 0 fully saturated rings. The third-order valence-corrected chi connectivity index (χ3v) is 2.13. The first kappa shape index (κ1) is 12.3. The molecular formula is C13H17NO2. The number of hydrogen-bond acceptors (Lipinski definition) is 2. The summed E-state index contributed by atoms with van der Waals surface area (Å²) in [7, 11) is 1.60. The van der Waals surface area contributed by atoms with Crippen LogP contribution in [0.1, 0.15) is 12.5 Å². The summed E-state index contributed by atoms with van der Waals surface area (Å²) in [6.45, 7) is 6.13. The van der Waals surface area contributed by atoms with Gasteiger partial charge in [0.25, 0.3) is 0 Å². The van der Waals surface area contributed by atoms with Crippen molar-refractivity contribution in [3.63, 3.8) is 0 Å². The summed E-state index contributed by atoms with van der Waals surface area (Å²) < 4.78 is 5.17. The monoisotopic (exact) mass is 219 g/mol. The van der Waals surface area contributed by atoms with Crippen molar-refractivity contribution in [2.24, 2.45) is 0 Å². The van der Waals surface area contributed by atoms with Gasteiger partial charge in [-0.2, -0.15) is 0 Å². The highest BCUT2D eigenvalue weighted by Gasteiger charge is 2.07. The van der Waals surface area contributed by atoms with Crippen molar-refractivity contribution in [1.29, 1.82) is 0 Å². The number of carbonyl (C=O) groups excluding carboxylic acids is 1. The molecule has 0 aliphatic carbocycles. The molecule has 1 rings (SSSR count). The Morgan fingerprint density at radius 2 is 2.12 bits per heavy atom. The molecule has 3 nitrogen and oxygen atoms in total. The van der Waals surface area contributed by atoms with Crippen molar-refractivity contribution in [2.45, 2.75) is 13.3 Å². The second-order valence-electron chi connectivity index (χ2n) is 3.72. The summed E-state index contributed by atoms with van der Waals surface area (Å²) >= 11 is 0. The Bertz CT molecular complexity index is 385. The van der Waals surface area contributed by atoms with Gasteiger partial charge < -0.3 is 10.1 Å². The molecule has 0 aromatic heterocycles. The van der Waals surface area contributed by atoms with Crippen LogP contribution in [0.2, 0.25) is 0 Å². The predicted molar refractivity (Wildman–Crippen MR) is 64.5 cm³/mol. The van der Waals surface area contributed by atoms with Gasteiger partial charge in [-0.1, -0.05) is 30.4 Å². The molecule has 1 amide bonds. The maximum absolute atomic E-state index is 11.6. The average molecular weight is 219 g/mol. The standard InChI is InChI=1S/C13H17NO2/c1-10(2)9-14-13(15)8-11-6-4-5-7-12(11)16-3/h4-7H,1,8-9H2,2-3H3,(H,14,15). The predicted octanol–water partition coefficient (Wildman–Crippen LogP) is 1.93. The number of rotatable bonds is 5. The SMILES string of the molecule is C=C(C)CNC(=O)Cc1ccccc1OC. The molecule has 16 heavy (non-hydrogen) atoms. The lowest BCUT2D eigenvalue weighted by Gasteiger charge is -2.08. The van der Waals surface area contributed by atoms with Crippen LogP contribution in [-0.2, 0) is 11.2 Å². The summed E-state index contributed by atoms with van der Waals surface area (Å²) in [6.07, 6.45) is 0.331. The number of hydrogen-bond donors (Lipinski definition) is 1. The average Bonchev–Trinajstić information content (AvgIpc) is 2.27. The van der Waals surface area contributed by atoms with E-state index in [-0.39, 0.29) is 5.91 Å². The fraction of sp³-hybridized carbons (Fsp3) is 0.308. The van der Waals surface area contributed by atoms with Gasteiger partial charge in [-0.15, -0.1) is 0 Å². The molecule has 1 aromatic carbocycles. The van der Waals surface area contributed by atoms with Crippen LogP contribution in [-0.4, -0.2) is 19.6 Å². The van der Waals surface area contributed by atoms with Crippen LogP contribution in [0, 0.1) is 0 Å². The summed E-state index contributed by atoms with van der Waals surface area (Å²) in [4.78, 5) is 11.6. The fourth-order valence-electron chi connectivity index (χ4n) is 1.33. The molecule has 0 radical (unpaired) electrons. The lowest BCUT2D eigenvalue weighted by atomic mass is 10.1. The van der Waals surface area contributed by atoms with E-state index in [1.54, 1.807) is 7.11 Å². The van der Waals surface area contributed by atoms with Gasteiger partial charge in [-0.25, -0.2) is 0 Å². The van der Waals surface area contributed by atoms with Gasteiger partial charge in [-0.3, -0.25) is 4.79 Å². The molecule has 0 aliphatic heterocycles. The Kier molecular flexibility index (Phi) is 4.58. The van der Waals surface area contributed by atoms with Crippen molar-refractivity contribution in [2.75, 3.05) is 13.7 Å². The molecule has 0 saturated heterocycles. The van der Waals surface area contributed by atoms with Gasteiger partial charge in [0.15, 0.2) is 0 Å². The fourth-order valence-corrected chi connectivity index (χ4v) is 1.33. The Morgan fingerprint density at radius 1 is 1.44 bits per heavy atom. The second-order valence-corrected chi connectivity index (χ2v) is 3.72. The van der Waals surface area contributed by atoms with E-state index < -0.39 is 0 Å². The van der Waals surface area contributed by atoms with Crippen LogP contribution < -0.4 is 10.1 Å². The summed E-state index contributed by atoms with van der Waals surface area (Å²) in [5, 5.41) is 2.79. The van der Waals surface area contributed by atoms with Crippen molar-refractivity contribution < 1.29 is 9.53 Å². The minimum absolute atomic E-state index is 0.0208. The molecule has 1 N–H and O–H groups in total. The van der Waals surface area contributed by atoms with E-state index in [1.807, 2.05) is 31.2 Å². The summed E-state index contributed by atoms with van der Waals surface area (Å²) in [5.74, 6) is 0.723. The quantitative estimate of drug-likeness (QED) is 0.768. The van der Waals surface area contributed by atoms with Crippen molar-refractivity contribution in [3.8, 4) is 5.75 Å². The van der Waals surface area contributed by atoms with E-state index in [0.29, 0.717) is 13.0 Å². The lowest BCUT2D eigenvalue weighted by Crippen LogP contribution is -2.26. The highest BCUT2D eigenvalue weighted by molar-refractivity contribution is 5.79. The minimum Gasteiger partial charge on any atom is -0.496 e. The van der Waals surface area contributed by atoms with E-state index in [1.165, 1.54) is 0 Å². The summed E-state index contributed by atoms with van der Waals surface area (Å²) in [6, 6.07) is 7.51. The Morgan fingerprint density at radius 3 is 2.75 bits per heavy atom. The molecule has 0 bridgehead atoms. The van der Waals surface area contributed by atoms with Crippen LogP contribution in [0.3, 0.4) is 0 Å². The highest BCUT2D eigenvalue weighted by atomic mass is 16.5. The molecule has 1 aromatic rings. The summed E-state index contributed by atoms with van der Waals surface area (Å²) in [5.41, 5.74) is 1.83. The van der Waals surface area contributed by atoms with Gasteiger partial charge in [0, 0.05) is 12.1 Å². The first-order valence-corrected chi connectivity index (χ1v) is 5.16. The Labute approximate surface area is 96.1 Å². The Hall–Kier alpha value is -1.77. The van der Waals surface area contributed by atoms with E-state index in [4.69, 9.17) is 4.74 Å². The lowest BCUT2D eigenvalue weighted by molar-refractivity contribution is -0.120. The van der Waals surface area contributed by atoms with E-state index in [2.05, 4.69) is 11.9 Å². The van der Waals surface area contributed by atoms with Crippen molar-refractivity contribution >= 4 is 5.91 Å². The van der Waals surface area contributed by atoms with Gasteiger partial charge in [0.05, 0.1) is 13.5 Å². The first-order valence-electron chi connectivity index (χ1n) is 5.16. The molecule has 0 atom stereocenters. The first-order chi connectivity index (χ1) is 7.63. The highest BCUT2D eigenvalue weighted by Crippen LogP contribution is 2.17. The zero-order valence-corrected chi connectivity index (χ0v) is 9.75. The van der Waals surface area contributed by atoms with E-state index in [0.717, 1.165) is 16.9 Å². The largest absolute Gasteiger partial charge is 0.496 e. The van der Waals surface area contributed by atoms with Gasteiger partial charge in [0.2, 0.25) is 5.91 Å². The normalized spacial score (nSPS) is 9.62. The molecule has 3 heteroatoms. The number of ether oxygens (including phenoxy) is 1. The maximum Gasteiger partial charge on any atom is 0.224 e. The molecular weight excluding hydrogens is 202 g/mol. The number of amides is 1. The molecule has 0 aliphatic rings. The molecule has 0 heterocycles.